The molecule has 0 saturated heterocycles. The van der Waals surface area contributed by atoms with Crippen LogP contribution >= 0.6 is 11.7 Å². The van der Waals surface area contributed by atoms with Crippen molar-refractivity contribution in [2.45, 2.75) is 17.4 Å². The molecule has 0 aliphatic heterocycles. The number of aromatic nitrogens is 2. The Bertz CT molecular complexity index is 716. The first-order valence-electron chi connectivity index (χ1n) is 6.17. The molecule has 0 bridgehead atoms. The fraction of sp³-hybridized carbons (Fsp3) is 0.500. The highest BCUT2D eigenvalue weighted by Crippen LogP contribution is 2.21. The summed E-state index contributed by atoms with van der Waals surface area (Å²) in [4.78, 5) is 0.115. The minimum Gasteiger partial charge on any atom is -0.382 e. The van der Waals surface area contributed by atoms with E-state index in [9.17, 15) is 8.42 Å². The number of nitrogens with one attached hydrogen (secondary N) is 1. The van der Waals surface area contributed by atoms with Crippen LogP contribution in [-0.2, 0) is 19.5 Å². The number of hydrogen-bond acceptors (Lipinski definition) is 7. The lowest BCUT2D eigenvalue weighted by molar-refractivity contribution is -0.0460. The van der Waals surface area contributed by atoms with E-state index in [1.165, 1.54) is 20.3 Å². The van der Waals surface area contributed by atoms with Gasteiger partial charge in [-0.1, -0.05) is 6.07 Å². The van der Waals surface area contributed by atoms with Crippen LogP contribution in [0.3, 0.4) is 0 Å². The van der Waals surface area contributed by atoms with Crippen molar-refractivity contribution >= 4 is 32.8 Å². The summed E-state index contributed by atoms with van der Waals surface area (Å²) < 4.78 is 45.9. The number of hydrogen-bond donors (Lipinski definition) is 1. The molecule has 0 fully saturated rings. The third kappa shape index (κ3) is 3.55. The first-order chi connectivity index (χ1) is 9.92. The van der Waals surface area contributed by atoms with Crippen LogP contribution in [0.2, 0.25) is 0 Å². The fourth-order valence-electron chi connectivity index (χ4n) is 1.81. The van der Waals surface area contributed by atoms with Gasteiger partial charge in [-0.3, -0.25) is 0 Å². The molecule has 0 saturated carbocycles. The Hall–Kier alpha value is -1.13. The van der Waals surface area contributed by atoms with Crippen LogP contribution in [0.1, 0.15) is 6.92 Å². The molecule has 0 spiro atoms. The van der Waals surface area contributed by atoms with Crippen LogP contribution in [0.5, 0.6) is 0 Å². The van der Waals surface area contributed by atoms with Crippen molar-refractivity contribution in [3.63, 3.8) is 0 Å². The normalized spacial score (nSPS) is 15.2. The number of sulfonamides is 1. The maximum absolute atomic E-state index is 12.4. The number of rotatable bonds is 7. The van der Waals surface area contributed by atoms with Gasteiger partial charge in [-0.2, -0.15) is 8.75 Å². The second-order valence-corrected chi connectivity index (χ2v) is 7.06. The first-order valence-corrected chi connectivity index (χ1v) is 8.38. The van der Waals surface area contributed by atoms with Gasteiger partial charge in [0.1, 0.15) is 21.5 Å². The van der Waals surface area contributed by atoms with Gasteiger partial charge >= 0.3 is 0 Å². The molecule has 0 unspecified atom stereocenters. The average molecular weight is 331 g/mol. The van der Waals surface area contributed by atoms with Crippen LogP contribution in [-0.4, -0.2) is 50.1 Å². The van der Waals surface area contributed by atoms with Gasteiger partial charge < -0.3 is 9.47 Å². The predicted octanol–water partition coefficient (Wildman–Crippen LogP) is 1.02. The molecule has 1 N–H and O–H groups in total. The van der Waals surface area contributed by atoms with E-state index in [1.807, 2.05) is 0 Å². The van der Waals surface area contributed by atoms with E-state index in [0.717, 1.165) is 11.7 Å². The van der Waals surface area contributed by atoms with Crippen molar-refractivity contribution < 1.29 is 17.9 Å². The van der Waals surface area contributed by atoms with Gasteiger partial charge in [-0.15, -0.1) is 0 Å². The maximum Gasteiger partial charge on any atom is 0.242 e. The predicted molar refractivity (Wildman–Crippen MR) is 79.9 cm³/mol. The number of nitrogens with zero attached hydrogens (tertiary/aromatic N) is 2. The van der Waals surface area contributed by atoms with Gasteiger partial charge in [0.25, 0.3) is 0 Å². The van der Waals surface area contributed by atoms with Crippen LogP contribution < -0.4 is 4.72 Å². The molecule has 0 aliphatic rings. The Morgan fingerprint density at radius 2 is 2.10 bits per heavy atom. The zero-order valence-corrected chi connectivity index (χ0v) is 13.6. The lowest BCUT2D eigenvalue weighted by atomic mass is 10.1. The molecule has 0 aliphatic carbocycles. The Morgan fingerprint density at radius 1 is 1.33 bits per heavy atom. The van der Waals surface area contributed by atoms with Crippen molar-refractivity contribution in [1.82, 2.24) is 13.5 Å². The second kappa shape index (κ2) is 6.32. The summed E-state index contributed by atoms with van der Waals surface area (Å²) in [7, 11) is -0.652. The average Bonchev–Trinajstić information content (AvgIpc) is 2.94. The molecule has 116 valence electrons. The Labute approximate surface area is 127 Å². The zero-order valence-electron chi connectivity index (χ0n) is 12.0. The molecule has 2 aromatic rings. The molecule has 9 heteroatoms. The molecule has 1 atom stereocenters. The van der Waals surface area contributed by atoms with Crippen LogP contribution in [0.4, 0.5) is 0 Å². The summed E-state index contributed by atoms with van der Waals surface area (Å²) in [6, 6.07) is 4.87. The van der Waals surface area contributed by atoms with Crippen molar-refractivity contribution in [3.05, 3.63) is 18.2 Å². The standard InChI is InChI=1S/C12H17N3O4S2/c1-12(19-3,8-18-2)7-13-21(16,17)10-6-4-5-9-11(10)15-20-14-9/h4-6,13H,7-8H2,1-3H3/t12-/m0/s1. The first kappa shape index (κ1) is 16.2. The summed E-state index contributed by atoms with van der Waals surface area (Å²) in [6.07, 6.45) is 0. The number of benzene rings is 1. The number of fused-ring (bicyclic) bond motifs is 1. The second-order valence-electron chi connectivity index (χ2n) is 4.80. The van der Waals surface area contributed by atoms with Gasteiger partial charge in [-0.25, -0.2) is 13.1 Å². The molecule has 1 aromatic carbocycles. The molecule has 2 rings (SSSR count). The van der Waals surface area contributed by atoms with Gasteiger partial charge in [0.15, 0.2) is 0 Å². The smallest absolute Gasteiger partial charge is 0.242 e. The lowest BCUT2D eigenvalue weighted by Gasteiger charge is -2.27. The van der Waals surface area contributed by atoms with Crippen LogP contribution in [0.25, 0.3) is 11.0 Å². The zero-order chi connectivity index (χ0) is 15.5. The minimum atomic E-state index is -3.70. The Morgan fingerprint density at radius 3 is 2.76 bits per heavy atom. The van der Waals surface area contributed by atoms with E-state index in [-0.39, 0.29) is 18.0 Å². The Balaban J connectivity index is 2.25. The molecule has 0 amide bonds. The van der Waals surface area contributed by atoms with E-state index in [2.05, 4.69) is 13.5 Å². The van der Waals surface area contributed by atoms with E-state index in [1.54, 1.807) is 19.1 Å². The third-order valence-electron chi connectivity index (χ3n) is 3.12. The fourth-order valence-corrected chi connectivity index (χ4v) is 3.73. The minimum absolute atomic E-state index is 0.0909. The molecule has 1 aromatic heterocycles. The van der Waals surface area contributed by atoms with Gasteiger partial charge in [0.2, 0.25) is 10.0 Å². The molecule has 0 radical (unpaired) electrons. The van der Waals surface area contributed by atoms with Crippen molar-refractivity contribution in [2.24, 2.45) is 0 Å². The van der Waals surface area contributed by atoms with Crippen LogP contribution in [0.15, 0.2) is 23.1 Å². The van der Waals surface area contributed by atoms with E-state index in [4.69, 9.17) is 9.47 Å². The topological polar surface area (TPSA) is 90.4 Å². The van der Waals surface area contributed by atoms with Gasteiger partial charge in [0.05, 0.1) is 18.3 Å². The van der Waals surface area contributed by atoms with Crippen molar-refractivity contribution in [2.75, 3.05) is 27.4 Å². The monoisotopic (exact) mass is 331 g/mol. The van der Waals surface area contributed by atoms with E-state index < -0.39 is 15.6 Å². The summed E-state index contributed by atoms with van der Waals surface area (Å²) in [6.45, 7) is 2.13. The lowest BCUT2D eigenvalue weighted by Crippen LogP contribution is -2.45. The Kier molecular flexibility index (Phi) is 4.89. The number of ether oxygens (including phenoxy) is 2. The highest BCUT2D eigenvalue weighted by Gasteiger charge is 2.28. The summed E-state index contributed by atoms with van der Waals surface area (Å²) in [5.41, 5.74) is 0.200. The van der Waals surface area contributed by atoms with Crippen molar-refractivity contribution in [1.29, 1.82) is 0 Å². The molecular weight excluding hydrogens is 314 g/mol. The molecule has 7 nitrogen and oxygen atoms in total. The summed E-state index contributed by atoms with van der Waals surface area (Å²) in [5, 5.41) is 0. The molecular formula is C12H17N3O4S2. The SMILES string of the molecule is COC[C@](C)(CNS(=O)(=O)c1cccc2nsnc12)OC. The summed E-state index contributed by atoms with van der Waals surface area (Å²) >= 11 is 0.983. The maximum atomic E-state index is 12.4. The number of methoxy groups -OCH3 is 2. The summed E-state index contributed by atoms with van der Waals surface area (Å²) in [5.74, 6) is 0. The highest BCUT2D eigenvalue weighted by molar-refractivity contribution is 7.89. The van der Waals surface area contributed by atoms with Crippen LogP contribution in [0, 0.1) is 0 Å². The van der Waals surface area contributed by atoms with Crippen molar-refractivity contribution in [3.8, 4) is 0 Å². The largest absolute Gasteiger partial charge is 0.382 e. The molecule has 1 heterocycles. The highest BCUT2D eigenvalue weighted by atomic mass is 32.2. The van der Waals surface area contributed by atoms with E-state index in [0.29, 0.717) is 11.0 Å². The van der Waals surface area contributed by atoms with E-state index >= 15 is 0 Å². The quantitative estimate of drug-likeness (QED) is 0.815. The van der Waals surface area contributed by atoms with Gasteiger partial charge in [0, 0.05) is 20.8 Å². The molecule has 21 heavy (non-hydrogen) atoms. The third-order valence-corrected chi connectivity index (χ3v) is 5.09. The van der Waals surface area contributed by atoms with Gasteiger partial charge in [-0.05, 0) is 19.1 Å².